The van der Waals surface area contributed by atoms with E-state index in [1.165, 1.54) is 24.1 Å². The van der Waals surface area contributed by atoms with Crippen molar-refractivity contribution in [1.82, 2.24) is 5.32 Å². The number of carbonyl (C=O) groups is 3. The Kier molecular flexibility index (Phi) is 4.86. The van der Waals surface area contributed by atoms with Gasteiger partial charge in [0.25, 0.3) is 0 Å². The SMILES string of the molecule is CC[C@]1(C(=O)OC)N[C@H](c2ccc(O)cc2)[C@H]2C(=O)N(c3ccc(C)cc3)C(=O)[C@@H]21. The smallest absolute Gasteiger partial charge is 0.326 e. The monoisotopic (exact) mass is 408 g/mol. The van der Waals surface area contributed by atoms with Crippen molar-refractivity contribution < 1.29 is 24.2 Å². The number of benzene rings is 2. The Morgan fingerprint density at radius 2 is 1.73 bits per heavy atom. The van der Waals surface area contributed by atoms with Gasteiger partial charge in [-0.05, 0) is 43.2 Å². The number of ether oxygens (including phenoxy) is 1. The van der Waals surface area contributed by atoms with E-state index in [4.69, 9.17) is 4.74 Å². The van der Waals surface area contributed by atoms with Gasteiger partial charge in [-0.1, -0.05) is 36.8 Å². The molecule has 2 fully saturated rings. The molecule has 0 spiro atoms. The van der Waals surface area contributed by atoms with Crippen molar-refractivity contribution in [1.29, 1.82) is 0 Å². The van der Waals surface area contributed by atoms with Crippen molar-refractivity contribution in [2.45, 2.75) is 31.8 Å². The minimum absolute atomic E-state index is 0.0955. The van der Waals surface area contributed by atoms with Crippen LogP contribution in [-0.2, 0) is 19.1 Å². The molecule has 2 aliphatic heterocycles. The molecule has 0 radical (unpaired) electrons. The van der Waals surface area contributed by atoms with E-state index in [-0.39, 0.29) is 18.1 Å². The van der Waals surface area contributed by atoms with E-state index in [1.54, 1.807) is 31.2 Å². The number of esters is 1. The second-order valence-electron chi connectivity index (χ2n) is 7.88. The quantitative estimate of drug-likeness (QED) is 0.596. The molecule has 0 aromatic heterocycles. The van der Waals surface area contributed by atoms with Gasteiger partial charge in [0.05, 0.1) is 24.6 Å². The number of aryl methyl sites for hydroxylation is 1. The van der Waals surface area contributed by atoms with Gasteiger partial charge in [0.2, 0.25) is 11.8 Å². The number of hydrogen-bond donors (Lipinski definition) is 2. The average Bonchev–Trinajstić information content (AvgIpc) is 3.23. The second-order valence-corrected chi connectivity index (χ2v) is 7.88. The fraction of sp³-hybridized carbons (Fsp3) is 0.348. The first-order valence-corrected chi connectivity index (χ1v) is 9.93. The number of fused-ring (bicyclic) bond motifs is 1. The predicted molar refractivity (Wildman–Crippen MR) is 110 cm³/mol. The highest BCUT2D eigenvalue weighted by Gasteiger charge is 2.68. The molecule has 7 nitrogen and oxygen atoms in total. The van der Waals surface area contributed by atoms with Crippen LogP contribution in [0.25, 0.3) is 0 Å². The molecule has 2 aromatic rings. The van der Waals surface area contributed by atoms with E-state index in [9.17, 15) is 19.5 Å². The van der Waals surface area contributed by atoms with Gasteiger partial charge in [-0.3, -0.25) is 19.7 Å². The third kappa shape index (κ3) is 2.81. The number of hydrogen-bond acceptors (Lipinski definition) is 6. The number of rotatable bonds is 4. The summed E-state index contributed by atoms with van der Waals surface area (Å²) in [5, 5.41) is 12.9. The van der Waals surface area contributed by atoms with Crippen LogP contribution in [0.5, 0.6) is 5.75 Å². The number of phenolic OH excluding ortho intramolecular Hbond substituents is 1. The Morgan fingerprint density at radius 1 is 1.10 bits per heavy atom. The Balaban J connectivity index is 1.84. The van der Waals surface area contributed by atoms with Gasteiger partial charge in [-0.2, -0.15) is 0 Å². The molecule has 4 atom stereocenters. The van der Waals surface area contributed by atoms with Crippen LogP contribution in [0.3, 0.4) is 0 Å². The molecule has 2 saturated heterocycles. The number of imide groups is 1. The average molecular weight is 408 g/mol. The summed E-state index contributed by atoms with van der Waals surface area (Å²) in [6, 6.07) is 13.0. The topological polar surface area (TPSA) is 95.9 Å². The Labute approximate surface area is 174 Å². The maximum absolute atomic E-state index is 13.5. The van der Waals surface area contributed by atoms with Crippen molar-refractivity contribution >= 4 is 23.5 Å². The van der Waals surface area contributed by atoms with Crippen LogP contribution in [0.2, 0.25) is 0 Å². The van der Waals surface area contributed by atoms with Crippen LogP contribution in [0.4, 0.5) is 5.69 Å². The standard InChI is InChI=1S/C23H24N2O5/c1-4-23(22(29)30-3)18-17(19(24-23)14-7-11-16(26)12-8-14)20(27)25(21(18)28)15-9-5-13(2)6-10-15/h5-12,17-19,24,26H,4H2,1-3H3/t17-,18+,19+,23-/m0/s1. The molecule has 4 rings (SSSR count). The summed E-state index contributed by atoms with van der Waals surface area (Å²) in [6.45, 7) is 3.72. The van der Waals surface area contributed by atoms with Crippen LogP contribution < -0.4 is 10.2 Å². The zero-order valence-electron chi connectivity index (χ0n) is 17.1. The van der Waals surface area contributed by atoms with Crippen LogP contribution in [0, 0.1) is 18.8 Å². The molecule has 2 aliphatic rings. The molecule has 2 N–H and O–H groups in total. The van der Waals surface area contributed by atoms with E-state index < -0.39 is 35.3 Å². The molecule has 2 heterocycles. The molecule has 0 saturated carbocycles. The molecule has 7 heteroatoms. The number of nitrogens with one attached hydrogen (secondary N) is 1. The van der Waals surface area contributed by atoms with Gasteiger partial charge >= 0.3 is 5.97 Å². The molecular formula is C23H24N2O5. The summed E-state index contributed by atoms with van der Waals surface area (Å²) in [5.41, 5.74) is 0.908. The minimum Gasteiger partial charge on any atom is -0.508 e. The summed E-state index contributed by atoms with van der Waals surface area (Å²) >= 11 is 0. The summed E-state index contributed by atoms with van der Waals surface area (Å²) in [7, 11) is 1.28. The Bertz CT molecular complexity index is 1000. The van der Waals surface area contributed by atoms with E-state index in [0.717, 1.165) is 5.56 Å². The lowest BCUT2D eigenvalue weighted by Gasteiger charge is -2.31. The van der Waals surface area contributed by atoms with Crippen LogP contribution in [-0.4, -0.2) is 35.5 Å². The second kappa shape index (κ2) is 7.25. The van der Waals surface area contributed by atoms with Crippen molar-refractivity contribution in [3.8, 4) is 5.75 Å². The van der Waals surface area contributed by atoms with E-state index in [1.807, 2.05) is 19.1 Å². The van der Waals surface area contributed by atoms with Crippen LogP contribution in [0.1, 0.15) is 30.5 Å². The molecule has 0 aliphatic carbocycles. The van der Waals surface area contributed by atoms with E-state index >= 15 is 0 Å². The van der Waals surface area contributed by atoms with Crippen LogP contribution in [0.15, 0.2) is 48.5 Å². The normalized spacial score (nSPS) is 28.0. The van der Waals surface area contributed by atoms with Crippen LogP contribution >= 0.6 is 0 Å². The van der Waals surface area contributed by atoms with Gasteiger partial charge in [-0.15, -0.1) is 0 Å². The Morgan fingerprint density at radius 3 is 2.30 bits per heavy atom. The first-order chi connectivity index (χ1) is 14.3. The third-order valence-corrected chi connectivity index (χ3v) is 6.31. The maximum atomic E-state index is 13.5. The number of anilines is 1. The fourth-order valence-corrected chi connectivity index (χ4v) is 4.76. The first kappa shape index (κ1) is 20.1. The molecule has 0 unspecified atom stereocenters. The van der Waals surface area contributed by atoms with Crippen molar-refractivity contribution in [3.63, 3.8) is 0 Å². The molecule has 156 valence electrons. The zero-order chi connectivity index (χ0) is 21.6. The number of amides is 2. The lowest BCUT2D eigenvalue weighted by molar-refractivity contribution is -0.152. The summed E-state index contributed by atoms with van der Waals surface area (Å²) in [5.74, 6) is -2.87. The molecule has 0 bridgehead atoms. The van der Waals surface area contributed by atoms with Crippen molar-refractivity contribution in [2.24, 2.45) is 11.8 Å². The number of carbonyl (C=O) groups excluding carboxylic acids is 3. The van der Waals surface area contributed by atoms with Gasteiger partial charge in [-0.25, -0.2) is 4.90 Å². The molecule has 2 amide bonds. The minimum atomic E-state index is -1.31. The largest absolute Gasteiger partial charge is 0.508 e. The lowest BCUT2D eigenvalue weighted by atomic mass is 9.78. The van der Waals surface area contributed by atoms with Crippen molar-refractivity contribution in [2.75, 3.05) is 12.0 Å². The highest BCUT2D eigenvalue weighted by molar-refractivity contribution is 6.24. The summed E-state index contributed by atoms with van der Waals surface area (Å²) in [4.78, 5) is 41.1. The van der Waals surface area contributed by atoms with Gasteiger partial charge < -0.3 is 9.84 Å². The molecule has 30 heavy (non-hydrogen) atoms. The Hall–Kier alpha value is -3.19. The van der Waals surface area contributed by atoms with Crippen molar-refractivity contribution in [3.05, 3.63) is 59.7 Å². The van der Waals surface area contributed by atoms with E-state index in [0.29, 0.717) is 11.3 Å². The molecule has 2 aromatic carbocycles. The number of nitrogens with zero attached hydrogens (tertiary/aromatic N) is 1. The summed E-state index contributed by atoms with van der Waals surface area (Å²) < 4.78 is 5.06. The first-order valence-electron chi connectivity index (χ1n) is 9.93. The van der Waals surface area contributed by atoms with E-state index in [2.05, 4.69) is 5.32 Å². The van der Waals surface area contributed by atoms with Gasteiger partial charge in [0.15, 0.2) is 0 Å². The third-order valence-electron chi connectivity index (χ3n) is 6.31. The lowest BCUT2D eigenvalue weighted by Crippen LogP contribution is -2.55. The number of aromatic hydroxyl groups is 1. The molecular weight excluding hydrogens is 384 g/mol. The van der Waals surface area contributed by atoms with Gasteiger partial charge in [0.1, 0.15) is 11.3 Å². The number of phenols is 1. The highest BCUT2D eigenvalue weighted by atomic mass is 16.5. The predicted octanol–water partition coefficient (Wildman–Crippen LogP) is 2.47. The maximum Gasteiger partial charge on any atom is 0.326 e. The fourth-order valence-electron chi connectivity index (χ4n) is 4.76. The summed E-state index contributed by atoms with van der Waals surface area (Å²) in [6.07, 6.45) is 0.288. The number of methoxy groups -OCH3 is 1. The zero-order valence-corrected chi connectivity index (χ0v) is 17.1. The highest BCUT2D eigenvalue weighted by Crippen LogP contribution is 2.51. The van der Waals surface area contributed by atoms with Gasteiger partial charge in [0, 0.05) is 6.04 Å².